The third-order valence-corrected chi connectivity index (χ3v) is 5.76. The van der Waals surface area contributed by atoms with Crippen molar-refractivity contribution in [3.8, 4) is 0 Å². The minimum atomic E-state index is -0.104. The number of methoxy groups -OCH3 is 1. The molecule has 0 aromatic carbocycles. The topological polar surface area (TPSA) is 67.4 Å². The van der Waals surface area contributed by atoms with E-state index in [9.17, 15) is 9.59 Å². The van der Waals surface area contributed by atoms with Gasteiger partial charge in [0.25, 0.3) is 0 Å². The van der Waals surface area contributed by atoms with Gasteiger partial charge in [-0.1, -0.05) is 20.3 Å². The molecule has 20 heavy (non-hydrogen) atoms. The van der Waals surface area contributed by atoms with Gasteiger partial charge in [0.2, 0.25) is 0 Å². The normalized spacial score (nSPS) is 29.8. The van der Waals surface area contributed by atoms with Crippen molar-refractivity contribution in [2.45, 2.75) is 50.4 Å². The second-order valence-electron chi connectivity index (χ2n) is 5.93. The number of esters is 1. The number of carbonyl (C=O) groups is 2. The monoisotopic (exact) mass is 300 g/mol. The summed E-state index contributed by atoms with van der Waals surface area (Å²) in [6.07, 6.45) is 2.89. The average molecular weight is 300 g/mol. The molecule has 0 aromatic rings. The molecule has 2 rings (SSSR count). The van der Waals surface area contributed by atoms with Gasteiger partial charge >= 0.3 is 12.0 Å². The lowest BCUT2D eigenvalue weighted by Gasteiger charge is -2.20. The Balaban J connectivity index is 1.78. The van der Waals surface area contributed by atoms with E-state index < -0.39 is 0 Å². The van der Waals surface area contributed by atoms with Crippen LogP contribution in [0.5, 0.6) is 0 Å². The van der Waals surface area contributed by atoms with Crippen LogP contribution in [0.3, 0.4) is 0 Å². The van der Waals surface area contributed by atoms with Crippen LogP contribution in [0, 0.1) is 11.8 Å². The Labute approximate surface area is 124 Å². The Hall–Kier alpha value is -0.910. The molecular formula is C14H24N2O3S. The summed E-state index contributed by atoms with van der Waals surface area (Å²) in [5, 5.41) is 6.41. The van der Waals surface area contributed by atoms with Crippen molar-refractivity contribution >= 4 is 23.8 Å². The Morgan fingerprint density at radius 2 is 2.20 bits per heavy atom. The molecule has 2 saturated heterocycles. The second kappa shape index (κ2) is 6.70. The highest BCUT2D eigenvalue weighted by Crippen LogP contribution is 2.34. The molecule has 2 aliphatic rings. The van der Waals surface area contributed by atoms with E-state index in [1.54, 1.807) is 0 Å². The number of hydrogen-bond acceptors (Lipinski definition) is 4. The van der Waals surface area contributed by atoms with Gasteiger partial charge in [0.1, 0.15) is 0 Å². The molecular weight excluding hydrogens is 276 g/mol. The maximum absolute atomic E-state index is 11.7. The lowest BCUT2D eigenvalue weighted by Crippen LogP contribution is -2.36. The molecule has 2 N–H and O–H groups in total. The number of urea groups is 1. The molecule has 0 radical (unpaired) electrons. The molecule has 2 fully saturated rings. The Kier molecular flexibility index (Phi) is 5.18. The van der Waals surface area contributed by atoms with E-state index in [0.717, 1.165) is 25.0 Å². The minimum Gasteiger partial charge on any atom is -0.469 e. The lowest BCUT2D eigenvalue weighted by atomic mass is 9.89. The van der Waals surface area contributed by atoms with Gasteiger partial charge in [-0.2, -0.15) is 11.8 Å². The predicted octanol–water partition coefficient (Wildman–Crippen LogP) is 1.77. The fraction of sp³-hybridized carbons (Fsp3) is 0.857. The Bertz CT molecular complexity index is 375. The summed E-state index contributed by atoms with van der Waals surface area (Å²) < 4.78 is 4.87. The average Bonchev–Trinajstić information content (AvgIpc) is 2.93. The van der Waals surface area contributed by atoms with E-state index in [-0.39, 0.29) is 30.0 Å². The van der Waals surface area contributed by atoms with Crippen molar-refractivity contribution in [3.63, 3.8) is 0 Å². The molecule has 114 valence electrons. The number of nitrogens with one attached hydrogen (secondary N) is 2. The van der Waals surface area contributed by atoms with Crippen LogP contribution >= 0.6 is 11.8 Å². The van der Waals surface area contributed by atoms with E-state index in [1.165, 1.54) is 7.11 Å². The number of rotatable bonds is 6. The predicted molar refractivity (Wildman–Crippen MR) is 79.7 cm³/mol. The van der Waals surface area contributed by atoms with Gasteiger partial charge in [-0.05, 0) is 18.8 Å². The van der Waals surface area contributed by atoms with Crippen molar-refractivity contribution in [1.82, 2.24) is 10.6 Å². The zero-order chi connectivity index (χ0) is 14.7. The van der Waals surface area contributed by atoms with Crippen molar-refractivity contribution in [2.24, 2.45) is 11.8 Å². The fourth-order valence-electron chi connectivity index (χ4n) is 3.06. The second-order valence-corrected chi connectivity index (χ2v) is 7.20. The van der Waals surface area contributed by atoms with Gasteiger partial charge in [0.05, 0.1) is 25.1 Å². The summed E-state index contributed by atoms with van der Waals surface area (Å²) in [7, 11) is 1.45. The molecule has 2 heterocycles. The summed E-state index contributed by atoms with van der Waals surface area (Å²) in [5.74, 6) is 1.17. The molecule has 2 amide bonds. The molecule has 0 bridgehead atoms. The Morgan fingerprint density at radius 1 is 1.45 bits per heavy atom. The number of hydrogen-bond donors (Lipinski definition) is 2. The van der Waals surface area contributed by atoms with E-state index in [2.05, 4.69) is 24.5 Å². The maximum atomic E-state index is 11.7. The molecule has 0 aliphatic carbocycles. The van der Waals surface area contributed by atoms with Gasteiger partial charge in [0.15, 0.2) is 0 Å². The first-order valence-corrected chi connectivity index (χ1v) is 8.34. The molecule has 4 atom stereocenters. The van der Waals surface area contributed by atoms with E-state index >= 15 is 0 Å². The van der Waals surface area contributed by atoms with Crippen LogP contribution < -0.4 is 10.6 Å². The van der Waals surface area contributed by atoms with Gasteiger partial charge in [-0.25, -0.2) is 4.79 Å². The molecule has 2 aliphatic heterocycles. The molecule has 0 spiro atoms. The lowest BCUT2D eigenvalue weighted by molar-refractivity contribution is -0.147. The van der Waals surface area contributed by atoms with Crippen molar-refractivity contribution in [1.29, 1.82) is 0 Å². The first kappa shape index (κ1) is 15.5. The first-order valence-electron chi connectivity index (χ1n) is 7.29. The number of ether oxygens (including phenoxy) is 1. The number of fused-ring (bicyclic) bond motifs is 1. The smallest absolute Gasteiger partial charge is 0.315 e. The van der Waals surface area contributed by atoms with E-state index in [0.29, 0.717) is 11.2 Å². The minimum absolute atomic E-state index is 0.0153. The van der Waals surface area contributed by atoms with Crippen LogP contribution in [-0.2, 0) is 9.53 Å². The number of amides is 2. The Morgan fingerprint density at radius 3 is 2.85 bits per heavy atom. The quantitative estimate of drug-likeness (QED) is 0.579. The van der Waals surface area contributed by atoms with Crippen LogP contribution in [0.25, 0.3) is 0 Å². The van der Waals surface area contributed by atoms with Gasteiger partial charge in [-0.3, -0.25) is 4.79 Å². The third kappa shape index (κ3) is 3.40. The maximum Gasteiger partial charge on any atom is 0.315 e. The third-order valence-electron chi connectivity index (χ3n) is 4.25. The summed E-state index contributed by atoms with van der Waals surface area (Å²) in [6.45, 7) is 4.12. The highest BCUT2D eigenvalue weighted by Gasteiger charge is 2.42. The molecule has 5 nitrogen and oxygen atoms in total. The summed E-state index contributed by atoms with van der Waals surface area (Å²) >= 11 is 1.92. The van der Waals surface area contributed by atoms with E-state index in [4.69, 9.17) is 4.74 Å². The van der Waals surface area contributed by atoms with Crippen LogP contribution in [0.1, 0.15) is 33.1 Å². The molecule has 0 aromatic heterocycles. The van der Waals surface area contributed by atoms with E-state index in [1.807, 2.05) is 11.8 Å². The van der Waals surface area contributed by atoms with Crippen molar-refractivity contribution < 1.29 is 14.3 Å². The van der Waals surface area contributed by atoms with Crippen LogP contribution in [0.15, 0.2) is 0 Å². The highest BCUT2D eigenvalue weighted by molar-refractivity contribution is 8.00. The first-order chi connectivity index (χ1) is 9.52. The SMILES string of the molecule is COC(=O)C(CCC[C@@H]1SC[C@@H]2NC(=O)N[C@@H]21)C(C)C. The zero-order valence-corrected chi connectivity index (χ0v) is 13.2. The largest absolute Gasteiger partial charge is 0.469 e. The highest BCUT2D eigenvalue weighted by atomic mass is 32.2. The molecule has 6 heteroatoms. The van der Waals surface area contributed by atoms with Crippen LogP contribution in [0.4, 0.5) is 4.79 Å². The van der Waals surface area contributed by atoms with Gasteiger partial charge in [-0.15, -0.1) is 0 Å². The fourth-order valence-corrected chi connectivity index (χ4v) is 4.60. The standard InChI is InChI=1S/C14H24N2O3S/c1-8(2)9(13(17)19-3)5-4-6-11-12-10(7-20-11)15-14(18)16-12/h8-12H,4-7H2,1-3H3,(H2,15,16,18)/t9?,10-,11-,12-/m0/s1. The van der Waals surface area contributed by atoms with Gasteiger partial charge < -0.3 is 15.4 Å². The summed E-state index contributed by atoms with van der Waals surface area (Å²) in [4.78, 5) is 23.0. The molecule has 1 unspecified atom stereocenters. The number of carbonyl (C=O) groups excluding carboxylic acids is 2. The van der Waals surface area contributed by atoms with Crippen LogP contribution in [-0.4, -0.2) is 42.2 Å². The van der Waals surface area contributed by atoms with Crippen LogP contribution in [0.2, 0.25) is 0 Å². The molecule has 0 saturated carbocycles. The van der Waals surface area contributed by atoms with Crippen molar-refractivity contribution in [2.75, 3.05) is 12.9 Å². The zero-order valence-electron chi connectivity index (χ0n) is 12.3. The van der Waals surface area contributed by atoms with Crippen molar-refractivity contribution in [3.05, 3.63) is 0 Å². The summed E-state index contributed by atoms with van der Waals surface area (Å²) in [6, 6.07) is 0.488. The number of thioether (sulfide) groups is 1. The van der Waals surface area contributed by atoms with Gasteiger partial charge in [0, 0.05) is 11.0 Å². The summed E-state index contributed by atoms with van der Waals surface area (Å²) in [5.41, 5.74) is 0.